The minimum atomic E-state index is -2.93. The van der Waals surface area contributed by atoms with E-state index in [4.69, 9.17) is 0 Å². The maximum absolute atomic E-state index is 12.0. The van der Waals surface area contributed by atoms with E-state index in [1.54, 1.807) is 0 Å². The van der Waals surface area contributed by atoms with E-state index in [1.807, 2.05) is 18.2 Å². The van der Waals surface area contributed by atoms with Crippen molar-refractivity contribution in [2.45, 2.75) is 44.8 Å². The Balaban J connectivity index is 2.14. The molecular weight excluding hydrogens is 244 g/mol. The first kappa shape index (κ1) is 13.6. The fourth-order valence-corrected chi connectivity index (χ4v) is 3.94. The molecule has 1 aromatic carbocycles. The third kappa shape index (κ3) is 3.84. The van der Waals surface area contributed by atoms with Crippen LogP contribution in [0.4, 0.5) is 0 Å². The van der Waals surface area contributed by atoms with Gasteiger partial charge in [0.15, 0.2) is 9.84 Å². The quantitative estimate of drug-likeness (QED) is 0.838. The van der Waals surface area contributed by atoms with Crippen molar-refractivity contribution in [2.75, 3.05) is 5.75 Å². The zero-order valence-corrected chi connectivity index (χ0v) is 12.3. The Kier molecular flexibility index (Phi) is 3.54. The number of hydrogen-bond donors (Lipinski definition) is 0. The molecule has 1 saturated carbocycles. The lowest BCUT2D eigenvalue weighted by molar-refractivity contribution is 0.586. The zero-order chi connectivity index (χ0) is 13.4. The third-order valence-electron chi connectivity index (χ3n) is 3.37. The van der Waals surface area contributed by atoms with Gasteiger partial charge >= 0.3 is 0 Å². The van der Waals surface area contributed by atoms with E-state index in [1.165, 1.54) is 5.56 Å². The minimum absolute atomic E-state index is 0.0657. The van der Waals surface area contributed by atoms with Gasteiger partial charge in [0.05, 0.1) is 11.5 Å². The highest BCUT2D eigenvalue weighted by molar-refractivity contribution is 7.90. The molecule has 0 amide bonds. The average molecular weight is 266 g/mol. The minimum Gasteiger partial charge on any atom is -0.228 e. The summed E-state index contributed by atoms with van der Waals surface area (Å²) in [7, 11) is -2.93. The number of benzene rings is 1. The van der Waals surface area contributed by atoms with Crippen molar-refractivity contribution < 1.29 is 8.42 Å². The summed E-state index contributed by atoms with van der Waals surface area (Å²) in [4.78, 5) is 0. The van der Waals surface area contributed by atoms with Crippen LogP contribution < -0.4 is 0 Å². The predicted molar refractivity (Wildman–Crippen MR) is 75.4 cm³/mol. The molecule has 0 spiro atoms. The SMILES string of the molecule is CC(C)(C)c1cccc(CS(=O)(=O)CC2CC2)c1. The van der Waals surface area contributed by atoms with Crippen LogP contribution in [0.25, 0.3) is 0 Å². The molecule has 18 heavy (non-hydrogen) atoms. The van der Waals surface area contributed by atoms with Gasteiger partial charge in [-0.15, -0.1) is 0 Å². The van der Waals surface area contributed by atoms with E-state index in [9.17, 15) is 8.42 Å². The summed E-state index contributed by atoms with van der Waals surface area (Å²) < 4.78 is 24.0. The standard InChI is InChI=1S/C15H22O2S/c1-15(2,3)14-6-4-5-13(9-14)11-18(16,17)10-12-7-8-12/h4-6,9,12H,7-8,10-11H2,1-3H3. The molecule has 0 atom stereocenters. The topological polar surface area (TPSA) is 34.1 Å². The first-order chi connectivity index (χ1) is 8.26. The highest BCUT2D eigenvalue weighted by Gasteiger charge is 2.28. The molecule has 0 radical (unpaired) electrons. The molecule has 0 aliphatic heterocycles. The molecule has 0 unspecified atom stereocenters. The molecule has 0 heterocycles. The van der Waals surface area contributed by atoms with E-state index in [0.29, 0.717) is 11.7 Å². The summed E-state index contributed by atoms with van der Waals surface area (Å²) >= 11 is 0. The first-order valence-corrected chi connectivity index (χ1v) is 8.38. The lowest BCUT2D eigenvalue weighted by Gasteiger charge is -2.19. The van der Waals surface area contributed by atoms with Crippen LogP contribution >= 0.6 is 0 Å². The lowest BCUT2D eigenvalue weighted by Crippen LogP contribution is -2.14. The maximum Gasteiger partial charge on any atom is 0.154 e. The van der Waals surface area contributed by atoms with Crippen molar-refractivity contribution in [3.8, 4) is 0 Å². The van der Waals surface area contributed by atoms with Crippen molar-refractivity contribution in [1.82, 2.24) is 0 Å². The third-order valence-corrected chi connectivity index (χ3v) is 5.12. The highest BCUT2D eigenvalue weighted by Crippen LogP contribution is 2.31. The Morgan fingerprint density at radius 3 is 2.44 bits per heavy atom. The van der Waals surface area contributed by atoms with Crippen LogP contribution in [0.1, 0.15) is 44.7 Å². The molecule has 1 aliphatic rings. The Morgan fingerprint density at radius 2 is 1.89 bits per heavy atom. The van der Waals surface area contributed by atoms with Gasteiger partial charge in [-0.1, -0.05) is 45.0 Å². The van der Waals surface area contributed by atoms with E-state index >= 15 is 0 Å². The van der Waals surface area contributed by atoms with Crippen LogP contribution in [0.2, 0.25) is 0 Å². The lowest BCUT2D eigenvalue weighted by atomic mass is 9.86. The van der Waals surface area contributed by atoms with Gasteiger partial charge in [0.25, 0.3) is 0 Å². The van der Waals surface area contributed by atoms with Gasteiger partial charge in [-0.05, 0) is 35.3 Å². The Hall–Kier alpha value is -0.830. The van der Waals surface area contributed by atoms with Gasteiger partial charge in [0.2, 0.25) is 0 Å². The van der Waals surface area contributed by atoms with Gasteiger partial charge in [-0.25, -0.2) is 8.42 Å². The molecule has 1 aromatic rings. The van der Waals surface area contributed by atoms with Crippen LogP contribution in [0.3, 0.4) is 0 Å². The van der Waals surface area contributed by atoms with E-state index in [0.717, 1.165) is 18.4 Å². The van der Waals surface area contributed by atoms with Gasteiger partial charge in [-0.2, -0.15) is 0 Å². The van der Waals surface area contributed by atoms with E-state index in [-0.39, 0.29) is 11.2 Å². The van der Waals surface area contributed by atoms with Gasteiger partial charge in [0, 0.05) is 0 Å². The number of hydrogen-bond acceptors (Lipinski definition) is 2. The molecule has 0 bridgehead atoms. The summed E-state index contributed by atoms with van der Waals surface area (Å²) in [6.07, 6.45) is 2.17. The number of sulfone groups is 1. The molecular formula is C15H22O2S. The number of rotatable bonds is 4. The van der Waals surface area contributed by atoms with Gasteiger partial charge < -0.3 is 0 Å². The second-order valence-electron chi connectivity index (χ2n) is 6.45. The van der Waals surface area contributed by atoms with Crippen LogP contribution in [0.15, 0.2) is 24.3 Å². The summed E-state index contributed by atoms with van der Waals surface area (Å²) in [6, 6.07) is 7.98. The van der Waals surface area contributed by atoms with Crippen molar-refractivity contribution in [1.29, 1.82) is 0 Å². The monoisotopic (exact) mass is 266 g/mol. The second kappa shape index (κ2) is 4.69. The van der Waals surface area contributed by atoms with Gasteiger partial charge in [-0.3, -0.25) is 0 Å². The van der Waals surface area contributed by atoms with Gasteiger partial charge in [0.1, 0.15) is 0 Å². The fraction of sp³-hybridized carbons (Fsp3) is 0.600. The summed E-state index contributed by atoms with van der Waals surface area (Å²) in [5.41, 5.74) is 2.18. The van der Waals surface area contributed by atoms with Crippen LogP contribution in [-0.2, 0) is 21.0 Å². The molecule has 0 aromatic heterocycles. The normalized spacial score (nSPS) is 16.8. The van der Waals surface area contributed by atoms with Crippen molar-refractivity contribution in [2.24, 2.45) is 5.92 Å². The van der Waals surface area contributed by atoms with Crippen molar-refractivity contribution >= 4 is 9.84 Å². The van der Waals surface area contributed by atoms with Crippen molar-refractivity contribution in [3.05, 3.63) is 35.4 Å². The fourth-order valence-electron chi connectivity index (χ4n) is 2.08. The highest BCUT2D eigenvalue weighted by atomic mass is 32.2. The molecule has 0 N–H and O–H groups in total. The van der Waals surface area contributed by atoms with E-state index in [2.05, 4.69) is 26.8 Å². The molecule has 1 aliphatic carbocycles. The average Bonchev–Trinajstić information content (AvgIpc) is 2.99. The molecule has 1 fully saturated rings. The van der Waals surface area contributed by atoms with E-state index < -0.39 is 9.84 Å². The summed E-state index contributed by atoms with van der Waals surface area (Å²) in [5.74, 6) is 0.987. The maximum atomic E-state index is 12.0. The summed E-state index contributed by atoms with van der Waals surface area (Å²) in [6.45, 7) is 6.43. The Morgan fingerprint density at radius 1 is 1.22 bits per heavy atom. The molecule has 100 valence electrons. The largest absolute Gasteiger partial charge is 0.228 e. The molecule has 3 heteroatoms. The van der Waals surface area contributed by atoms with Crippen molar-refractivity contribution in [3.63, 3.8) is 0 Å². The Labute approximate surface area is 110 Å². The zero-order valence-electron chi connectivity index (χ0n) is 11.4. The molecule has 0 saturated heterocycles. The smallest absolute Gasteiger partial charge is 0.154 e. The summed E-state index contributed by atoms with van der Waals surface area (Å²) in [5, 5.41) is 0. The Bertz CT molecular complexity index is 520. The van der Waals surface area contributed by atoms with Crippen LogP contribution in [-0.4, -0.2) is 14.2 Å². The molecule has 2 nitrogen and oxygen atoms in total. The second-order valence-corrected chi connectivity index (χ2v) is 8.56. The predicted octanol–water partition coefficient (Wildman–Crippen LogP) is 3.31. The van der Waals surface area contributed by atoms with Crippen LogP contribution in [0.5, 0.6) is 0 Å². The molecule has 2 rings (SSSR count). The first-order valence-electron chi connectivity index (χ1n) is 6.56. The van der Waals surface area contributed by atoms with Crippen LogP contribution in [0, 0.1) is 5.92 Å².